The van der Waals surface area contributed by atoms with Gasteiger partial charge >= 0.3 is 0 Å². The summed E-state index contributed by atoms with van der Waals surface area (Å²) in [4.78, 5) is 19.3. The van der Waals surface area contributed by atoms with Crippen LogP contribution in [-0.2, 0) is 0 Å². The van der Waals surface area contributed by atoms with E-state index in [-0.39, 0.29) is 30.3 Å². The topological polar surface area (TPSA) is 71.3 Å². The predicted octanol–water partition coefficient (Wildman–Crippen LogP) is 2.51. The molecule has 0 aliphatic carbocycles. The van der Waals surface area contributed by atoms with Crippen LogP contribution in [0.2, 0.25) is 0 Å². The monoisotopic (exact) mass is 338 g/mol. The standard InChI is InChI=1S/C16H22N4O2.ClH/c1-9(2)14-13-12(7-10(3)18-15(13)22-19-14)16(21)20-6-5-17-8-11(20)4;/h7,9,11,17H,5-6,8H2,1-4H3;1H/t11-;/m0./s1. The van der Waals surface area contributed by atoms with Crippen molar-refractivity contribution in [2.45, 2.75) is 39.7 Å². The van der Waals surface area contributed by atoms with E-state index in [4.69, 9.17) is 4.52 Å². The van der Waals surface area contributed by atoms with E-state index in [9.17, 15) is 4.79 Å². The van der Waals surface area contributed by atoms with Crippen LogP contribution in [0.5, 0.6) is 0 Å². The minimum Gasteiger partial charge on any atom is -0.335 e. The highest BCUT2D eigenvalue weighted by Crippen LogP contribution is 2.28. The molecule has 3 rings (SSSR count). The van der Waals surface area contributed by atoms with Crippen LogP contribution in [0.25, 0.3) is 11.1 Å². The zero-order valence-corrected chi connectivity index (χ0v) is 14.7. The van der Waals surface area contributed by atoms with E-state index in [0.29, 0.717) is 17.8 Å². The lowest BCUT2D eigenvalue weighted by atomic mass is 10.0. The molecule has 0 saturated carbocycles. The van der Waals surface area contributed by atoms with E-state index in [1.807, 2.05) is 31.7 Å². The van der Waals surface area contributed by atoms with E-state index in [1.165, 1.54) is 0 Å². The summed E-state index contributed by atoms with van der Waals surface area (Å²) in [5.41, 5.74) is 2.68. The molecule has 1 amide bonds. The Morgan fingerprint density at radius 1 is 1.48 bits per heavy atom. The number of carbonyl (C=O) groups is 1. The lowest BCUT2D eigenvalue weighted by Crippen LogP contribution is -2.52. The van der Waals surface area contributed by atoms with Crippen molar-refractivity contribution in [1.82, 2.24) is 20.4 Å². The zero-order chi connectivity index (χ0) is 15.9. The Labute approximate surface area is 142 Å². The smallest absolute Gasteiger partial charge is 0.259 e. The number of fused-ring (bicyclic) bond motifs is 1. The molecule has 1 N–H and O–H groups in total. The summed E-state index contributed by atoms with van der Waals surface area (Å²) in [6.07, 6.45) is 0. The van der Waals surface area contributed by atoms with Gasteiger partial charge in [-0.2, -0.15) is 0 Å². The Hall–Kier alpha value is -1.66. The van der Waals surface area contributed by atoms with Crippen LogP contribution >= 0.6 is 12.4 Å². The molecule has 1 atom stereocenters. The fourth-order valence-corrected chi connectivity index (χ4v) is 2.96. The molecule has 6 nitrogen and oxygen atoms in total. The lowest BCUT2D eigenvalue weighted by molar-refractivity contribution is 0.0657. The van der Waals surface area contributed by atoms with Crippen LogP contribution in [0.4, 0.5) is 0 Å². The van der Waals surface area contributed by atoms with E-state index >= 15 is 0 Å². The van der Waals surface area contributed by atoms with Gasteiger partial charge in [-0.1, -0.05) is 19.0 Å². The third-order valence-electron chi connectivity index (χ3n) is 4.14. The third kappa shape index (κ3) is 3.19. The molecule has 23 heavy (non-hydrogen) atoms. The number of amides is 1. The molecule has 126 valence electrons. The van der Waals surface area contributed by atoms with Gasteiger partial charge in [0.25, 0.3) is 11.6 Å². The van der Waals surface area contributed by atoms with E-state index in [1.54, 1.807) is 0 Å². The number of carbonyl (C=O) groups excluding carboxylic acids is 1. The molecular weight excluding hydrogens is 316 g/mol. The first kappa shape index (κ1) is 17.7. The molecule has 2 aromatic heterocycles. The molecule has 1 aliphatic heterocycles. The van der Waals surface area contributed by atoms with Crippen molar-refractivity contribution < 1.29 is 9.32 Å². The highest BCUT2D eigenvalue weighted by molar-refractivity contribution is 6.06. The number of hydrogen-bond donors (Lipinski definition) is 1. The van der Waals surface area contributed by atoms with E-state index in [2.05, 4.69) is 22.4 Å². The number of rotatable bonds is 2. The summed E-state index contributed by atoms with van der Waals surface area (Å²) >= 11 is 0. The number of aromatic nitrogens is 2. The van der Waals surface area contributed by atoms with Crippen molar-refractivity contribution in [3.8, 4) is 0 Å². The fourth-order valence-electron chi connectivity index (χ4n) is 2.96. The molecule has 7 heteroatoms. The average molecular weight is 339 g/mol. The number of nitrogens with one attached hydrogen (secondary N) is 1. The van der Waals surface area contributed by atoms with Crippen molar-refractivity contribution in [2.75, 3.05) is 19.6 Å². The molecule has 0 unspecified atom stereocenters. The number of pyridine rings is 1. The summed E-state index contributed by atoms with van der Waals surface area (Å²) in [7, 11) is 0. The average Bonchev–Trinajstić information content (AvgIpc) is 2.90. The SMILES string of the molecule is Cc1cc(C(=O)N2CCNC[C@@H]2C)c2c(C(C)C)noc2n1.Cl. The maximum Gasteiger partial charge on any atom is 0.259 e. The minimum absolute atomic E-state index is 0. The highest BCUT2D eigenvalue weighted by atomic mass is 35.5. The second-order valence-corrected chi connectivity index (χ2v) is 6.27. The first-order chi connectivity index (χ1) is 10.5. The van der Waals surface area contributed by atoms with Crippen molar-refractivity contribution in [2.24, 2.45) is 0 Å². The minimum atomic E-state index is 0. The van der Waals surface area contributed by atoms with Gasteiger partial charge in [0.1, 0.15) is 0 Å². The van der Waals surface area contributed by atoms with Crippen molar-refractivity contribution >= 4 is 29.4 Å². The largest absolute Gasteiger partial charge is 0.335 e. The fraction of sp³-hybridized carbons (Fsp3) is 0.562. The van der Waals surface area contributed by atoms with Crippen molar-refractivity contribution in [3.63, 3.8) is 0 Å². The molecule has 1 aliphatic rings. The van der Waals surface area contributed by atoms with Crippen molar-refractivity contribution in [1.29, 1.82) is 0 Å². The summed E-state index contributed by atoms with van der Waals surface area (Å²) in [6.45, 7) is 10.4. The van der Waals surface area contributed by atoms with Gasteiger partial charge < -0.3 is 14.7 Å². The Bertz CT molecular complexity index is 713. The molecule has 3 heterocycles. The van der Waals surface area contributed by atoms with Crippen LogP contribution in [-0.4, -0.2) is 46.6 Å². The van der Waals surface area contributed by atoms with Gasteiger partial charge in [-0.15, -0.1) is 12.4 Å². The Balaban J connectivity index is 0.00000192. The van der Waals surface area contributed by atoms with Crippen LogP contribution in [0, 0.1) is 6.92 Å². The Kier molecular flexibility index (Phi) is 5.26. The van der Waals surface area contributed by atoms with Gasteiger partial charge in [-0.3, -0.25) is 4.79 Å². The molecule has 2 aromatic rings. The number of nitrogens with zero attached hydrogens (tertiary/aromatic N) is 3. The zero-order valence-electron chi connectivity index (χ0n) is 13.9. The second-order valence-electron chi connectivity index (χ2n) is 6.27. The maximum absolute atomic E-state index is 13.1. The number of aryl methyl sites for hydroxylation is 1. The molecule has 0 radical (unpaired) electrons. The first-order valence-corrected chi connectivity index (χ1v) is 7.77. The molecule has 0 bridgehead atoms. The summed E-state index contributed by atoms with van der Waals surface area (Å²) in [5.74, 6) is 0.215. The van der Waals surface area contributed by atoms with E-state index < -0.39 is 0 Å². The van der Waals surface area contributed by atoms with Gasteiger partial charge in [0.2, 0.25) is 0 Å². The van der Waals surface area contributed by atoms with Gasteiger partial charge in [0.05, 0.1) is 16.6 Å². The van der Waals surface area contributed by atoms with Crippen molar-refractivity contribution in [3.05, 3.63) is 23.0 Å². The quantitative estimate of drug-likeness (QED) is 0.911. The molecule has 0 spiro atoms. The second kappa shape index (κ2) is 6.84. The first-order valence-electron chi connectivity index (χ1n) is 7.77. The van der Waals surface area contributed by atoms with E-state index in [0.717, 1.165) is 29.9 Å². The van der Waals surface area contributed by atoms with Gasteiger partial charge in [0, 0.05) is 31.4 Å². The highest BCUT2D eigenvalue weighted by Gasteiger charge is 2.28. The molecule has 1 saturated heterocycles. The maximum atomic E-state index is 13.1. The lowest BCUT2D eigenvalue weighted by Gasteiger charge is -2.34. The number of halogens is 1. The van der Waals surface area contributed by atoms with Crippen LogP contribution < -0.4 is 5.32 Å². The Morgan fingerprint density at radius 3 is 2.87 bits per heavy atom. The number of piperazine rings is 1. The van der Waals surface area contributed by atoms with Crippen LogP contribution in [0.1, 0.15) is 48.4 Å². The van der Waals surface area contributed by atoms with Crippen LogP contribution in [0.15, 0.2) is 10.6 Å². The van der Waals surface area contributed by atoms with Gasteiger partial charge in [-0.25, -0.2) is 4.98 Å². The van der Waals surface area contributed by atoms with Gasteiger partial charge in [-0.05, 0) is 25.8 Å². The Morgan fingerprint density at radius 2 is 2.22 bits per heavy atom. The summed E-state index contributed by atoms with van der Waals surface area (Å²) in [5, 5.41) is 8.19. The molecular formula is C16H23ClN4O2. The normalized spacial score (nSPS) is 18.3. The molecule has 0 aromatic carbocycles. The van der Waals surface area contributed by atoms with Gasteiger partial charge in [0.15, 0.2) is 0 Å². The number of hydrogen-bond acceptors (Lipinski definition) is 5. The summed E-state index contributed by atoms with van der Waals surface area (Å²) < 4.78 is 5.35. The molecule has 1 fully saturated rings. The van der Waals surface area contributed by atoms with Crippen LogP contribution in [0.3, 0.4) is 0 Å². The summed E-state index contributed by atoms with van der Waals surface area (Å²) in [6, 6.07) is 2.02. The predicted molar refractivity (Wildman–Crippen MR) is 91.2 cm³/mol. The third-order valence-corrected chi connectivity index (χ3v) is 4.14.